The van der Waals surface area contributed by atoms with Gasteiger partial charge in [-0.1, -0.05) is 0 Å². The number of hydrogen-bond acceptors (Lipinski definition) is 5. The minimum Gasteiger partial charge on any atom is -0.497 e. The molecule has 0 atom stereocenters. The highest BCUT2D eigenvalue weighted by atomic mass is 19.4. The number of rotatable bonds is 5. The lowest BCUT2D eigenvalue weighted by molar-refractivity contribution is -0.148. The maximum atomic E-state index is 12.7. The predicted octanol–water partition coefficient (Wildman–Crippen LogP) is 3.98. The van der Waals surface area contributed by atoms with Crippen LogP contribution >= 0.6 is 0 Å². The number of pyridine rings is 1. The van der Waals surface area contributed by atoms with Crippen molar-refractivity contribution in [2.45, 2.75) is 25.9 Å². The van der Waals surface area contributed by atoms with E-state index in [4.69, 9.17) is 9.47 Å². The molecule has 8 heteroatoms. The monoisotopic (exact) mass is 396 g/mol. The van der Waals surface area contributed by atoms with Crippen LogP contribution in [0.25, 0.3) is 10.9 Å². The van der Waals surface area contributed by atoms with E-state index in [9.17, 15) is 18.0 Å². The standard InChI is InChI=1S/C20H23F3N2O3/c1-13-9-17(16-10-15(27-2)3-4-18(16)24-13)19(26)28-11-14-5-7-25(8-6-14)12-20(21,22)23/h3-4,9-10,14H,5-8,11-12H2,1-2H3. The number of nitrogens with zero attached hydrogens (tertiary/aromatic N) is 2. The molecule has 0 radical (unpaired) electrons. The summed E-state index contributed by atoms with van der Waals surface area (Å²) in [7, 11) is 1.55. The molecule has 0 saturated carbocycles. The summed E-state index contributed by atoms with van der Waals surface area (Å²) in [5.74, 6) is 0.225. The van der Waals surface area contributed by atoms with E-state index in [1.165, 1.54) is 4.90 Å². The van der Waals surface area contributed by atoms with Crippen molar-refractivity contribution in [1.29, 1.82) is 0 Å². The van der Waals surface area contributed by atoms with Crippen LogP contribution in [0, 0.1) is 12.8 Å². The van der Waals surface area contributed by atoms with Crippen LogP contribution in [0.15, 0.2) is 24.3 Å². The number of benzene rings is 1. The number of alkyl halides is 3. The van der Waals surface area contributed by atoms with Gasteiger partial charge in [0.25, 0.3) is 0 Å². The molecule has 0 bridgehead atoms. The van der Waals surface area contributed by atoms with E-state index >= 15 is 0 Å². The predicted molar refractivity (Wildman–Crippen MR) is 98.5 cm³/mol. The first kappa shape index (κ1) is 20.4. The second-order valence-corrected chi connectivity index (χ2v) is 7.13. The Morgan fingerprint density at radius 2 is 1.96 bits per heavy atom. The van der Waals surface area contributed by atoms with Gasteiger partial charge in [-0.3, -0.25) is 9.88 Å². The van der Waals surface area contributed by atoms with Crippen molar-refractivity contribution >= 4 is 16.9 Å². The Labute approximate surface area is 161 Å². The lowest BCUT2D eigenvalue weighted by Crippen LogP contribution is -2.40. The first-order chi connectivity index (χ1) is 13.2. The number of aromatic nitrogens is 1. The Balaban J connectivity index is 1.63. The summed E-state index contributed by atoms with van der Waals surface area (Å²) < 4.78 is 48.1. The van der Waals surface area contributed by atoms with Crippen molar-refractivity contribution in [1.82, 2.24) is 9.88 Å². The Kier molecular flexibility index (Phi) is 6.07. The third-order valence-corrected chi connectivity index (χ3v) is 4.92. The maximum Gasteiger partial charge on any atom is 0.401 e. The molecule has 1 aliphatic heterocycles. The molecule has 3 rings (SSSR count). The molecule has 0 N–H and O–H groups in total. The minimum atomic E-state index is -4.18. The summed E-state index contributed by atoms with van der Waals surface area (Å²) in [6, 6.07) is 6.98. The number of ether oxygens (including phenoxy) is 2. The Morgan fingerprint density at radius 3 is 2.61 bits per heavy atom. The van der Waals surface area contributed by atoms with Gasteiger partial charge in [-0.25, -0.2) is 4.79 Å². The lowest BCUT2D eigenvalue weighted by atomic mass is 9.98. The van der Waals surface area contributed by atoms with Gasteiger partial charge in [0, 0.05) is 11.1 Å². The maximum absolute atomic E-state index is 12.7. The number of piperidine rings is 1. The fourth-order valence-electron chi connectivity index (χ4n) is 3.47. The zero-order chi connectivity index (χ0) is 20.3. The molecule has 0 spiro atoms. The van der Waals surface area contributed by atoms with Crippen molar-refractivity contribution in [2.24, 2.45) is 5.92 Å². The van der Waals surface area contributed by atoms with Crippen molar-refractivity contribution in [3.8, 4) is 5.75 Å². The first-order valence-corrected chi connectivity index (χ1v) is 9.17. The first-order valence-electron chi connectivity index (χ1n) is 9.17. The van der Waals surface area contributed by atoms with Crippen LogP contribution in [-0.2, 0) is 4.74 Å². The molecule has 0 amide bonds. The van der Waals surface area contributed by atoms with Crippen LogP contribution in [0.5, 0.6) is 5.75 Å². The highest BCUT2D eigenvalue weighted by Gasteiger charge is 2.32. The smallest absolute Gasteiger partial charge is 0.401 e. The Bertz CT molecular complexity index is 846. The number of esters is 1. The van der Waals surface area contributed by atoms with Gasteiger partial charge in [0.15, 0.2) is 0 Å². The van der Waals surface area contributed by atoms with E-state index < -0.39 is 18.7 Å². The summed E-state index contributed by atoms with van der Waals surface area (Å²) >= 11 is 0. The largest absolute Gasteiger partial charge is 0.497 e. The molecular weight excluding hydrogens is 373 g/mol. The quantitative estimate of drug-likeness (QED) is 0.716. The van der Waals surface area contributed by atoms with Crippen LogP contribution in [0.1, 0.15) is 28.9 Å². The number of carbonyl (C=O) groups excluding carboxylic acids is 1. The molecule has 0 unspecified atom stereocenters. The number of fused-ring (bicyclic) bond motifs is 1. The van der Waals surface area contributed by atoms with E-state index in [0.717, 1.165) is 0 Å². The molecule has 2 aromatic rings. The molecule has 1 aromatic carbocycles. The van der Waals surface area contributed by atoms with Crippen LogP contribution in [0.3, 0.4) is 0 Å². The second-order valence-electron chi connectivity index (χ2n) is 7.13. The number of likely N-dealkylation sites (tertiary alicyclic amines) is 1. The van der Waals surface area contributed by atoms with E-state index in [1.807, 2.05) is 0 Å². The van der Waals surface area contributed by atoms with E-state index in [0.29, 0.717) is 53.8 Å². The Hall–Kier alpha value is -2.35. The zero-order valence-electron chi connectivity index (χ0n) is 15.9. The SMILES string of the molecule is COc1ccc2nc(C)cc(C(=O)OCC3CCN(CC(F)(F)F)CC3)c2c1. The average Bonchev–Trinajstić information content (AvgIpc) is 2.65. The van der Waals surface area contributed by atoms with Gasteiger partial charge in [-0.05, 0) is 63.0 Å². The Morgan fingerprint density at radius 1 is 1.25 bits per heavy atom. The van der Waals surface area contributed by atoms with Gasteiger partial charge in [-0.15, -0.1) is 0 Å². The number of carbonyl (C=O) groups is 1. The highest BCUT2D eigenvalue weighted by Crippen LogP contribution is 2.26. The molecule has 1 fully saturated rings. The summed E-state index contributed by atoms with van der Waals surface area (Å²) in [6.07, 6.45) is -3.03. The minimum absolute atomic E-state index is 0.0668. The molecule has 0 aliphatic carbocycles. The summed E-state index contributed by atoms with van der Waals surface area (Å²) in [5.41, 5.74) is 1.79. The van der Waals surface area contributed by atoms with Crippen LogP contribution in [-0.4, -0.2) is 55.4 Å². The third kappa shape index (κ3) is 5.13. The average molecular weight is 396 g/mol. The van der Waals surface area contributed by atoms with Crippen molar-refractivity contribution in [3.63, 3.8) is 0 Å². The van der Waals surface area contributed by atoms with E-state index in [1.54, 1.807) is 38.3 Å². The summed E-state index contributed by atoms with van der Waals surface area (Å²) in [4.78, 5) is 18.5. The van der Waals surface area contributed by atoms with Gasteiger partial charge in [0.05, 0.1) is 31.3 Å². The van der Waals surface area contributed by atoms with Crippen molar-refractivity contribution < 1.29 is 27.4 Å². The van der Waals surface area contributed by atoms with Crippen molar-refractivity contribution in [2.75, 3.05) is 33.4 Å². The van der Waals surface area contributed by atoms with Gasteiger partial charge in [0.2, 0.25) is 0 Å². The molecular formula is C20H23F3N2O3. The van der Waals surface area contributed by atoms with Crippen LogP contribution in [0.2, 0.25) is 0 Å². The van der Waals surface area contributed by atoms with Gasteiger partial charge in [-0.2, -0.15) is 13.2 Å². The van der Waals surface area contributed by atoms with Crippen LogP contribution < -0.4 is 4.74 Å². The normalized spacial score (nSPS) is 16.3. The van der Waals surface area contributed by atoms with Crippen molar-refractivity contribution in [3.05, 3.63) is 35.5 Å². The zero-order valence-corrected chi connectivity index (χ0v) is 15.9. The van der Waals surface area contributed by atoms with E-state index in [2.05, 4.69) is 4.98 Å². The molecule has 152 valence electrons. The summed E-state index contributed by atoms with van der Waals surface area (Å²) in [5, 5.41) is 0.648. The van der Waals surface area contributed by atoms with Gasteiger partial charge < -0.3 is 9.47 Å². The topological polar surface area (TPSA) is 51.7 Å². The van der Waals surface area contributed by atoms with Gasteiger partial charge in [0.1, 0.15) is 5.75 Å². The number of halogens is 3. The lowest BCUT2D eigenvalue weighted by Gasteiger charge is -2.32. The second kappa shape index (κ2) is 8.34. The molecule has 1 aromatic heterocycles. The van der Waals surface area contributed by atoms with Gasteiger partial charge >= 0.3 is 12.1 Å². The third-order valence-electron chi connectivity index (χ3n) is 4.92. The number of aryl methyl sites for hydroxylation is 1. The molecule has 1 saturated heterocycles. The summed E-state index contributed by atoms with van der Waals surface area (Å²) in [6.45, 7) is 1.83. The molecule has 1 aliphatic rings. The van der Waals surface area contributed by atoms with Crippen LogP contribution in [0.4, 0.5) is 13.2 Å². The van der Waals surface area contributed by atoms with E-state index in [-0.39, 0.29) is 12.5 Å². The highest BCUT2D eigenvalue weighted by molar-refractivity contribution is 6.03. The molecule has 2 heterocycles. The molecule has 28 heavy (non-hydrogen) atoms. The molecule has 5 nitrogen and oxygen atoms in total. The number of methoxy groups -OCH3 is 1. The number of hydrogen-bond donors (Lipinski definition) is 0. The fraction of sp³-hybridized carbons (Fsp3) is 0.500. The fourth-order valence-corrected chi connectivity index (χ4v) is 3.47.